The summed E-state index contributed by atoms with van der Waals surface area (Å²) in [7, 11) is 0. The number of benzene rings is 1. The summed E-state index contributed by atoms with van der Waals surface area (Å²) < 4.78 is 14.2. The molecule has 0 bridgehead atoms. The summed E-state index contributed by atoms with van der Waals surface area (Å²) in [5.41, 5.74) is 6.86. The van der Waals surface area contributed by atoms with E-state index < -0.39 is 11.9 Å². The number of hydrogen-bond donors (Lipinski definition) is 3. The highest BCUT2D eigenvalue weighted by molar-refractivity contribution is 5.99. The zero-order valence-electron chi connectivity index (χ0n) is 15.3. The minimum Gasteiger partial charge on any atom is -0.382 e. The molecule has 3 aromatic rings. The molecule has 9 heteroatoms. The van der Waals surface area contributed by atoms with Gasteiger partial charge in [0.15, 0.2) is 0 Å². The van der Waals surface area contributed by atoms with Gasteiger partial charge in [-0.1, -0.05) is 6.07 Å². The van der Waals surface area contributed by atoms with Crippen molar-refractivity contribution in [2.24, 2.45) is 0 Å². The Labute approximate surface area is 160 Å². The van der Waals surface area contributed by atoms with Crippen molar-refractivity contribution in [2.45, 2.75) is 19.9 Å². The van der Waals surface area contributed by atoms with Gasteiger partial charge in [-0.15, -0.1) is 0 Å². The largest absolute Gasteiger partial charge is 0.382 e. The maximum Gasteiger partial charge on any atom is 0.253 e. The van der Waals surface area contributed by atoms with E-state index in [1.54, 1.807) is 26.0 Å². The van der Waals surface area contributed by atoms with Crippen LogP contribution in [0.2, 0.25) is 0 Å². The highest BCUT2D eigenvalue weighted by Gasteiger charge is 2.21. The third kappa shape index (κ3) is 3.53. The lowest BCUT2D eigenvalue weighted by Crippen LogP contribution is -2.26. The third-order valence-corrected chi connectivity index (χ3v) is 4.17. The van der Waals surface area contributed by atoms with Crippen LogP contribution >= 0.6 is 0 Å². The van der Waals surface area contributed by atoms with E-state index in [1.165, 1.54) is 18.5 Å². The highest BCUT2D eigenvalue weighted by atomic mass is 19.1. The summed E-state index contributed by atoms with van der Waals surface area (Å²) in [6.45, 7) is 3.96. The first-order valence-electron chi connectivity index (χ1n) is 8.60. The third-order valence-electron chi connectivity index (χ3n) is 4.17. The van der Waals surface area contributed by atoms with Crippen LogP contribution in [-0.4, -0.2) is 27.4 Å². The number of halogens is 1. The number of nitrogen functional groups attached to an aromatic ring is 1. The van der Waals surface area contributed by atoms with Gasteiger partial charge >= 0.3 is 0 Å². The second-order valence-electron chi connectivity index (χ2n) is 6.05. The lowest BCUT2D eigenvalue weighted by atomic mass is 10.0. The average Bonchev–Trinajstić information content (AvgIpc) is 2.68. The van der Waals surface area contributed by atoms with E-state index in [-0.39, 0.29) is 34.1 Å². The molecule has 0 aliphatic rings. The molecular formula is C19H18FN7O. The molecule has 0 unspecified atom stereocenters. The van der Waals surface area contributed by atoms with Crippen LogP contribution in [0.3, 0.4) is 0 Å². The van der Waals surface area contributed by atoms with Gasteiger partial charge in [-0.25, -0.2) is 19.3 Å². The van der Waals surface area contributed by atoms with Gasteiger partial charge in [0, 0.05) is 11.9 Å². The Morgan fingerprint density at radius 3 is 2.89 bits per heavy atom. The number of nitriles is 1. The molecule has 2 aromatic heterocycles. The molecular weight excluding hydrogens is 361 g/mol. The Hall–Kier alpha value is -3.80. The number of carbonyl (C=O) groups excluding carboxylic acids is 1. The Morgan fingerprint density at radius 2 is 2.18 bits per heavy atom. The molecule has 0 spiro atoms. The van der Waals surface area contributed by atoms with Crippen molar-refractivity contribution in [3.8, 4) is 6.07 Å². The fourth-order valence-electron chi connectivity index (χ4n) is 2.83. The number of nitrogens with zero attached hydrogens (tertiary/aromatic N) is 4. The van der Waals surface area contributed by atoms with Crippen molar-refractivity contribution in [1.82, 2.24) is 20.3 Å². The SMILES string of the molecule is CCNC(=O)c1cc2c(F)cccc2nc1[C@H](C)Nc1ncnc(N)c1C#N. The number of anilines is 2. The van der Waals surface area contributed by atoms with Gasteiger partial charge in [-0.3, -0.25) is 4.79 Å². The maximum atomic E-state index is 14.2. The molecule has 0 fully saturated rings. The van der Waals surface area contributed by atoms with Gasteiger partial charge in [0.2, 0.25) is 0 Å². The van der Waals surface area contributed by atoms with Crippen molar-refractivity contribution < 1.29 is 9.18 Å². The number of aromatic nitrogens is 3. The zero-order valence-corrected chi connectivity index (χ0v) is 15.3. The van der Waals surface area contributed by atoms with Crippen LogP contribution < -0.4 is 16.4 Å². The van der Waals surface area contributed by atoms with E-state index in [1.807, 2.05) is 6.07 Å². The van der Waals surface area contributed by atoms with Crippen molar-refractivity contribution in [3.05, 3.63) is 53.2 Å². The van der Waals surface area contributed by atoms with Crippen molar-refractivity contribution in [2.75, 3.05) is 17.6 Å². The lowest BCUT2D eigenvalue weighted by Gasteiger charge is -2.19. The quantitative estimate of drug-likeness (QED) is 0.621. The molecule has 0 aliphatic carbocycles. The number of fused-ring (bicyclic) bond motifs is 1. The minimum absolute atomic E-state index is 0.0460. The van der Waals surface area contributed by atoms with Crippen molar-refractivity contribution in [3.63, 3.8) is 0 Å². The topological polar surface area (TPSA) is 130 Å². The van der Waals surface area contributed by atoms with E-state index >= 15 is 0 Å². The molecule has 0 aliphatic heterocycles. The fourth-order valence-corrected chi connectivity index (χ4v) is 2.83. The number of carbonyl (C=O) groups is 1. The van der Waals surface area contributed by atoms with Gasteiger partial charge in [0.25, 0.3) is 5.91 Å². The number of nitrogens with one attached hydrogen (secondary N) is 2. The summed E-state index contributed by atoms with van der Waals surface area (Å²) in [4.78, 5) is 24.9. The highest BCUT2D eigenvalue weighted by Crippen LogP contribution is 2.27. The number of rotatable bonds is 5. The zero-order chi connectivity index (χ0) is 20.3. The van der Waals surface area contributed by atoms with Gasteiger partial charge in [0.05, 0.1) is 22.8 Å². The second kappa shape index (κ2) is 7.84. The van der Waals surface area contributed by atoms with E-state index in [2.05, 4.69) is 25.6 Å². The van der Waals surface area contributed by atoms with Crippen LogP contribution in [0.15, 0.2) is 30.6 Å². The van der Waals surface area contributed by atoms with E-state index in [0.717, 1.165) is 0 Å². The molecule has 4 N–H and O–H groups in total. The number of pyridine rings is 1. The fraction of sp³-hybridized carbons (Fsp3) is 0.211. The number of hydrogen-bond acceptors (Lipinski definition) is 7. The van der Waals surface area contributed by atoms with Crippen molar-refractivity contribution in [1.29, 1.82) is 5.26 Å². The van der Waals surface area contributed by atoms with Gasteiger partial charge in [-0.05, 0) is 32.0 Å². The molecule has 0 saturated carbocycles. The first kappa shape index (κ1) is 19.0. The second-order valence-corrected chi connectivity index (χ2v) is 6.05. The van der Waals surface area contributed by atoms with Crippen LogP contribution in [0, 0.1) is 17.1 Å². The monoisotopic (exact) mass is 379 g/mol. The summed E-state index contributed by atoms with van der Waals surface area (Å²) in [5, 5.41) is 15.3. The summed E-state index contributed by atoms with van der Waals surface area (Å²) in [6.07, 6.45) is 1.24. The van der Waals surface area contributed by atoms with Crippen LogP contribution in [0.25, 0.3) is 10.9 Å². The van der Waals surface area contributed by atoms with Crippen LogP contribution in [0.4, 0.5) is 16.0 Å². The molecule has 142 valence electrons. The Balaban J connectivity index is 2.10. The Bertz CT molecular complexity index is 1090. The van der Waals surface area contributed by atoms with Crippen LogP contribution in [0.1, 0.15) is 41.5 Å². The van der Waals surface area contributed by atoms with Gasteiger partial charge in [-0.2, -0.15) is 5.26 Å². The molecule has 1 amide bonds. The van der Waals surface area contributed by atoms with Crippen LogP contribution in [0.5, 0.6) is 0 Å². The summed E-state index contributed by atoms with van der Waals surface area (Å²) in [6, 6.07) is 7.45. The average molecular weight is 379 g/mol. The molecule has 0 radical (unpaired) electrons. The molecule has 28 heavy (non-hydrogen) atoms. The molecule has 3 rings (SSSR count). The first-order valence-corrected chi connectivity index (χ1v) is 8.60. The van der Waals surface area contributed by atoms with E-state index in [9.17, 15) is 14.4 Å². The first-order chi connectivity index (χ1) is 13.5. The molecule has 1 aromatic carbocycles. The Morgan fingerprint density at radius 1 is 1.39 bits per heavy atom. The molecule has 8 nitrogen and oxygen atoms in total. The smallest absolute Gasteiger partial charge is 0.253 e. The molecule has 2 heterocycles. The molecule has 0 saturated heterocycles. The number of amides is 1. The van der Waals surface area contributed by atoms with Crippen molar-refractivity contribution >= 4 is 28.4 Å². The molecule has 1 atom stereocenters. The lowest BCUT2D eigenvalue weighted by molar-refractivity contribution is 0.0954. The normalized spacial score (nSPS) is 11.6. The van der Waals surface area contributed by atoms with Crippen LogP contribution in [-0.2, 0) is 0 Å². The predicted molar refractivity (Wildman–Crippen MR) is 103 cm³/mol. The standard InChI is InChI=1S/C19H18FN7O/c1-3-23-19(28)12-7-11-14(20)5-4-6-15(11)27-16(12)10(2)26-18-13(8-21)17(22)24-9-25-18/h4-7,9-10H,3H2,1-2H3,(H,23,28)(H3,22,24,25,26)/t10-/m0/s1. The Kier molecular flexibility index (Phi) is 5.31. The van der Waals surface area contributed by atoms with E-state index in [4.69, 9.17) is 5.73 Å². The summed E-state index contributed by atoms with van der Waals surface area (Å²) in [5.74, 6) is -0.556. The van der Waals surface area contributed by atoms with Gasteiger partial charge in [0.1, 0.15) is 35.4 Å². The summed E-state index contributed by atoms with van der Waals surface area (Å²) >= 11 is 0. The maximum absolute atomic E-state index is 14.2. The number of nitrogens with two attached hydrogens (primary N) is 1. The van der Waals surface area contributed by atoms with Gasteiger partial charge < -0.3 is 16.4 Å². The minimum atomic E-state index is -0.522. The van der Waals surface area contributed by atoms with E-state index in [0.29, 0.717) is 17.8 Å². The predicted octanol–water partition coefficient (Wildman–Crippen LogP) is 2.54.